The molecule has 0 bridgehead atoms. The van der Waals surface area contributed by atoms with Crippen molar-refractivity contribution in [2.75, 3.05) is 32.8 Å². The van der Waals surface area contributed by atoms with E-state index in [1.807, 2.05) is 36.4 Å². The van der Waals surface area contributed by atoms with E-state index in [2.05, 4.69) is 39.8 Å². The molecule has 2 amide bonds. The van der Waals surface area contributed by atoms with Gasteiger partial charge in [-0.2, -0.15) is 0 Å². The van der Waals surface area contributed by atoms with Crippen LogP contribution in [0.3, 0.4) is 0 Å². The highest BCUT2D eigenvalue weighted by Gasteiger charge is 2.57. The molecule has 30 heavy (non-hydrogen) atoms. The van der Waals surface area contributed by atoms with Crippen LogP contribution in [0.2, 0.25) is 0 Å². The largest absolute Gasteiger partial charge is 0.361 e. The molecule has 2 heterocycles. The van der Waals surface area contributed by atoms with Gasteiger partial charge in [0.2, 0.25) is 5.91 Å². The Hall–Kier alpha value is -2.70. The van der Waals surface area contributed by atoms with E-state index >= 15 is 0 Å². The summed E-state index contributed by atoms with van der Waals surface area (Å²) in [6, 6.07) is 20.3. The quantitative estimate of drug-likeness (QED) is 0.686. The van der Waals surface area contributed by atoms with Crippen LogP contribution in [-0.4, -0.2) is 55.1 Å². The molecule has 2 fully saturated rings. The van der Waals surface area contributed by atoms with Crippen molar-refractivity contribution >= 4 is 11.8 Å². The Morgan fingerprint density at radius 3 is 2.50 bits per heavy atom. The summed E-state index contributed by atoms with van der Waals surface area (Å²) in [5.74, 6) is -0.789. The van der Waals surface area contributed by atoms with E-state index < -0.39 is 11.5 Å². The highest BCUT2D eigenvalue weighted by Crippen LogP contribution is 2.34. The van der Waals surface area contributed by atoms with Crippen LogP contribution in [0.4, 0.5) is 0 Å². The fraction of sp³-hybridized carbons (Fsp3) is 0.417. The molecule has 1 spiro atoms. The van der Waals surface area contributed by atoms with Crippen LogP contribution >= 0.6 is 0 Å². The van der Waals surface area contributed by atoms with Crippen LogP contribution in [0.1, 0.15) is 17.5 Å². The number of carbonyl (C=O) groups excluding carboxylic acids is 2. The van der Waals surface area contributed by atoms with Gasteiger partial charge in [-0.15, -0.1) is 0 Å². The van der Waals surface area contributed by atoms with Crippen molar-refractivity contribution in [3.8, 4) is 0 Å². The van der Waals surface area contributed by atoms with Gasteiger partial charge < -0.3 is 15.4 Å². The first-order valence-corrected chi connectivity index (χ1v) is 10.7. The number of hydrogen-bond acceptors (Lipinski definition) is 4. The third-order valence-corrected chi connectivity index (χ3v) is 5.94. The predicted molar refractivity (Wildman–Crippen MR) is 115 cm³/mol. The molecule has 2 atom stereocenters. The number of aryl methyl sites for hydroxylation is 1. The van der Waals surface area contributed by atoms with Crippen LogP contribution in [0, 0.1) is 5.92 Å². The summed E-state index contributed by atoms with van der Waals surface area (Å²) in [6.45, 7) is 3.13. The van der Waals surface area contributed by atoms with Crippen molar-refractivity contribution in [3.63, 3.8) is 0 Å². The second-order valence-electron chi connectivity index (χ2n) is 8.08. The molecule has 2 aliphatic rings. The molecule has 2 aromatic rings. The van der Waals surface area contributed by atoms with Crippen molar-refractivity contribution in [2.45, 2.75) is 25.0 Å². The maximum Gasteiger partial charge on any atom is 0.254 e. The molecule has 158 valence electrons. The number of morpholine rings is 1. The molecule has 2 aliphatic heterocycles. The zero-order valence-electron chi connectivity index (χ0n) is 17.2. The smallest absolute Gasteiger partial charge is 0.254 e. The molecule has 0 saturated carbocycles. The maximum absolute atomic E-state index is 13.1. The van der Waals surface area contributed by atoms with E-state index in [1.165, 1.54) is 5.56 Å². The highest BCUT2D eigenvalue weighted by atomic mass is 16.5. The minimum atomic E-state index is -1.10. The van der Waals surface area contributed by atoms with Crippen LogP contribution in [0.15, 0.2) is 60.7 Å². The predicted octanol–water partition coefficient (Wildman–Crippen LogP) is 1.75. The second-order valence-corrected chi connectivity index (χ2v) is 8.08. The van der Waals surface area contributed by atoms with Crippen LogP contribution in [-0.2, 0) is 27.3 Å². The molecule has 4 rings (SSSR count). The van der Waals surface area contributed by atoms with E-state index in [0.717, 1.165) is 18.4 Å². The minimum Gasteiger partial charge on any atom is -0.361 e. The van der Waals surface area contributed by atoms with Gasteiger partial charge in [0.05, 0.1) is 12.5 Å². The number of carbonyl (C=O) groups is 2. The zero-order valence-corrected chi connectivity index (χ0v) is 17.2. The SMILES string of the molecule is O=C(NCCCc1ccccc1)[C@H]1CN(Cc2ccccc2)C[C@@]12OCCNC2=O. The molecular formula is C24H29N3O3. The number of nitrogens with one attached hydrogen (secondary N) is 2. The lowest BCUT2D eigenvalue weighted by molar-refractivity contribution is -0.163. The Balaban J connectivity index is 1.39. The lowest BCUT2D eigenvalue weighted by atomic mass is 9.87. The number of ether oxygens (including phenoxy) is 1. The second kappa shape index (κ2) is 9.41. The number of amides is 2. The number of hydrogen-bond donors (Lipinski definition) is 2. The van der Waals surface area contributed by atoms with E-state index in [4.69, 9.17) is 4.74 Å². The average molecular weight is 408 g/mol. The minimum absolute atomic E-state index is 0.101. The van der Waals surface area contributed by atoms with Gasteiger partial charge in [-0.05, 0) is 24.0 Å². The highest BCUT2D eigenvalue weighted by molar-refractivity contribution is 5.94. The summed E-state index contributed by atoms with van der Waals surface area (Å²) in [5.41, 5.74) is 1.32. The topological polar surface area (TPSA) is 70.7 Å². The monoisotopic (exact) mass is 407 g/mol. The zero-order chi connectivity index (χ0) is 20.8. The van der Waals surface area contributed by atoms with Gasteiger partial charge in [0.15, 0.2) is 5.60 Å². The fourth-order valence-corrected chi connectivity index (χ4v) is 4.43. The number of benzene rings is 2. The Kier molecular flexibility index (Phi) is 6.45. The lowest BCUT2D eigenvalue weighted by Crippen LogP contribution is -2.62. The average Bonchev–Trinajstić information content (AvgIpc) is 3.13. The van der Waals surface area contributed by atoms with E-state index in [-0.39, 0.29) is 11.8 Å². The van der Waals surface area contributed by atoms with Gasteiger partial charge in [0, 0.05) is 32.7 Å². The Labute approximate surface area is 177 Å². The van der Waals surface area contributed by atoms with E-state index in [9.17, 15) is 9.59 Å². The van der Waals surface area contributed by atoms with Gasteiger partial charge in [-0.1, -0.05) is 60.7 Å². The summed E-state index contributed by atoms with van der Waals surface area (Å²) >= 11 is 0. The maximum atomic E-state index is 13.1. The third kappa shape index (κ3) is 4.55. The third-order valence-electron chi connectivity index (χ3n) is 5.94. The fourth-order valence-electron chi connectivity index (χ4n) is 4.43. The normalized spacial score (nSPS) is 24.0. The molecular weight excluding hydrogens is 378 g/mol. The van der Waals surface area contributed by atoms with Gasteiger partial charge in [-0.25, -0.2) is 0 Å². The molecule has 6 nitrogen and oxygen atoms in total. The number of nitrogens with zero attached hydrogens (tertiary/aromatic N) is 1. The van der Waals surface area contributed by atoms with Crippen molar-refractivity contribution < 1.29 is 14.3 Å². The van der Waals surface area contributed by atoms with Gasteiger partial charge in [0.25, 0.3) is 5.91 Å². The molecule has 0 radical (unpaired) electrons. The Bertz CT molecular complexity index is 859. The van der Waals surface area contributed by atoms with Crippen molar-refractivity contribution in [1.29, 1.82) is 0 Å². The molecule has 0 aromatic heterocycles. The molecule has 6 heteroatoms. The number of likely N-dealkylation sites (tertiary alicyclic amines) is 1. The first kappa shape index (κ1) is 20.6. The summed E-state index contributed by atoms with van der Waals surface area (Å²) in [4.78, 5) is 28.0. The van der Waals surface area contributed by atoms with E-state index in [1.54, 1.807) is 0 Å². The lowest BCUT2D eigenvalue weighted by Gasteiger charge is -2.36. The van der Waals surface area contributed by atoms with Crippen molar-refractivity contribution in [1.82, 2.24) is 15.5 Å². The Morgan fingerprint density at radius 1 is 1.10 bits per heavy atom. The molecule has 2 saturated heterocycles. The standard InChI is InChI=1S/C24H29N3O3/c28-22(25-13-7-12-19-8-3-1-4-9-19)21-17-27(16-20-10-5-2-6-11-20)18-24(21)23(29)26-14-15-30-24/h1-6,8-11,21H,7,12-18H2,(H,25,28)(H,26,29)/t21-,24-/m1/s1. The summed E-state index contributed by atoms with van der Waals surface area (Å²) in [5, 5.41) is 5.95. The molecule has 2 N–H and O–H groups in total. The first-order valence-electron chi connectivity index (χ1n) is 10.7. The first-order chi connectivity index (χ1) is 14.7. The van der Waals surface area contributed by atoms with Gasteiger partial charge in [-0.3, -0.25) is 14.5 Å². The van der Waals surface area contributed by atoms with E-state index in [0.29, 0.717) is 39.3 Å². The van der Waals surface area contributed by atoms with Crippen molar-refractivity contribution in [2.24, 2.45) is 5.92 Å². The van der Waals surface area contributed by atoms with Crippen LogP contribution in [0.25, 0.3) is 0 Å². The van der Waals surface area contributed by atoms with Crippen LogP contribution < -0.4 is 10.6 Å². The van der Waals surface area contributed by atoms with Gasteiger partial charge >= 0.3 is 0 Å². The number of rotatable bonds is 7. The summed E-state index contributed by atoms with van der Waals surface area (Å²) < 4.78 is 6.00. The van der Waals surface area contributed by atoms with Gasteiger partial charge in [0.1, 0.15) is 0 Å². The Morgan fingerprint density at radius 2 is 1.80 bits per heavy atom. The van der Waals surface area contributed by atoms with Crippen molar-refractivity contribution in [3.05, 3.63) is 71.8 Å². The molecule has 0 aliphatic carbocycles. The summed E-state index contributed by atoms with van der Waals surface area (Å²) in [7, 11) is 0. The molecule has 2 aromatic carbocycles. The summed E-state index contributed by atoms with van der Waals surface area (Å²) in [6.07, 6.45) is 1.77. The van der Waals surface area contributed by atoms with Crippen LogP contribution in [0.5, 0.6) is 0 Å². The molecule has 0 unspecified atom stereocenters.